The molecular formula is C10H17FN4. The Kier molecular flexibility index (Phi) is 4.97. The Hall–Kier alpha value is -1.23. The summed E-state index contributed by atoms with van der Waals surface area (Å²) >= 11 is 0. The van der Waals surface area contributed by atoms with Crippen LogP contribution in [0.5, 0.6) is 0 Å². The lowest BCUT2D eigenvalue weighted by Crippen LogP contribution is -2.14. The van der Waals surface area contributed by atoms with E-state index in [4.69, 9.17) is 0 Å². The number of aromatic nitrogens is 2. The van der Waals surface area contributed by atoms with Gasteiger partial charge in [-0.15, -0.1) is 0 Å². The van der Waals surface area contributed by atoms with Crippen molar-refractivity contribution in [3.63, 3.8) is 0 Å². The highest BCUT2D eigenvalue weighted by Gasteiger charge is 1.96. The predicted octanol–water partition coefficient (Wildman–Crippen LogP) is 1.37. The molecule has 0 bridgehead atoms. The maximum absolute atomic E-state index is 12.5. The Morgan fingerprint density at radius 2 is 1.93 bits per heavy atom. The molecular weight excluding hydrogens is 195 g/mol. The Morgan fingerprint density at radius 3 is 2.53 bits per heavy atom. The summed E-state index contributed by atoms with van der Waals surface area (Å²) in [6, 6.07) is 0. The monoisotopic (exact) mass is 212 g/mol. The van der Waals surface area contributed by atoms with Crippen LogP contribution in [0.15, 0.2) is 12.4 Å². The molecule has 0 aliphatic carbocycles. The second-order valence-electron chi connectivity index (χ2n) is 3.66. The molecule has 0 fully saturated rings. The molecule has 0 unspecified atom stereocenters. The topological polar surface area (TPSA) is 41.0 Å². The fourth-order valence-corrected chi connectivity index (χ4v) is 1.16. The number of unbranched alkanes of at least 4 members (excludes halogenated alkanes) is 1. The van der Waals surface area contributed by atoms with Crippen LogP contribution in [0.2, 0.25) is 0 Å². The third-order valence-electron chi connectivity index (χ3n) is 1.94. The molecule has 0 aromatic carbocycles. The standard InChI is InChI=1S/C10H17FN4/c1-15(2)6-4-3-5-12-10-13-7-9(11)8-14-10/h7-8H,3-6H2,1-2H3,(H,12,13,14). The molecule has 84 valence electrons. The molecule has 0 amide bonds. The maximum Gasteiger partial charge on any atom is 0.222 e. The highest BCUT2D eigenvalue weighted by molar-refractivity contribution is 5.21. The molecule has 1 rings (SSSR count). The molecule has 0 radical (unpaired) electrons. The van der Waals surface area contributed by atoms with Crippen molar-refractivity contribution < 1.29 is 4.39 Å². The highest BCUT2D eigenvalue weighted by Crippen LogP contribution is 1.99. The van der Waals surface area contributed by atoms with Crippen molar-refractivity contribution in [3.8, 4) is 0 Å². The minimum absolute atomic E-state index is 0.409. The van der Waals surface area contributed by atoms with Gasteiger partial charge >= 0.3 is 0 Å². The van der Waals surface area contributed by atoms with Crippen molar-refractivity contribution >= 4 is 5.95 Å². The summed E-state index contributed by atoms with van der Waals surface area (Å²) in [5, 5.41) is 3.04. The van der Waals surface area contributed by atoms with E-state index in [2.05, 4.69) is 34.3 Å². The van der Waals surface area contributed by atoms with Gasteiger partial charge in [-0.05, 0) is 33.5 Å². The lowest BCUT2D eigenvalue weighted by molar-refractivity contribution is 0.396. The van der Waals surface area contributed by atoms with E-state index in [0.29, 0.717) is 5.95 Å². The van der Waals surface area contributed by atoms with Crippen molar-refractivity contribution in [1.82, 2.24) is 14.9 Å². The quantitative estimate of drug-likeness (QED) is 0.723. The number of anilines is 1. The van der Waals surface area contributed by atoms with Crippen molar-refractivity contribution in [3.05, 3.63) is 18.2 Å². The molecule has 0 atom stereocenters. The van der Waals surface area contributed by atoms with Gasteiger partial charge in [0.1, 0.15) is 0 Å². The molecule has 15 heavy (non-hydrogen) atoms. The number of halogens is 1. The van der Waals surface area contributed by atoms with Crippen molar-refractivity contribution in [2.75, 3.05) is 32.5 Å². The van der Waals surface area contributed by atoms with Crippen LogP contribution < -0.4 is 5.32 Å². The summed E-state index contributed by atoms with van der Waals surface area (Å²) in [4.78, 5) is 9.75. The summed E-state index contributed by atoms with van der Waals surface area (Å²) in [6.45, 7) is 1.89. The van der Waals surface area contributed by atoms with E-state index in [9.17, 15) is 4.39 Å². The zero-order valence-electron chi connectivity index (χ0n) is 9.20. The number of nitrogens with one attached hydrogen (secondary N) is 1. The molecule has 0 saturated carbocycles. The van der Waals surface area contributed by atoms with Gasteiger partial charge in [-0.3, -0.25) is 0 Å². The summed E-state index contributed by atoms with van der Waals surface area (Å²) in [5.74, 6) is 0.0782. The average molecular weight is 212 g/mol. The van der Waals surface area contributed by atoms with E-state index in [-0.39, 0.29) is 0 Å². The van der Waals surface area contributed by atoms with Crippen LogP contribution in [0.3, 0.4) is 0 Å². The second kappa shape index (κ2) is 6.29. The number of hydrogen-bond donors (Lipinski definition) is 1. The van der Waals surface area contributed by atoms with Gasteiger partial charge in [0.05, 0.1) is 12.4 Å². The van der Waals surface area contributed by atoms with Crippen LogP contribution >= 0.6 is 0 Å². The lowest BCUT2D eigenvalue weighted by Gasteiger charge is -2.09. The normalized spacial score (nSPS) is 10.7. The number of nitrogens with zero attached hydrogens (tertiary/aromatic N) is 3. The Labute approximate surface area is 89.5 Å². The van der Waals surface area contributed by atoms with Gasteiger partial charge < -0.3 is 10.2 Å². The van der Waals surface area contributed by atoms with Crippen molar-refractivity contribution in [1.29, 1.82) is 0 Å². The minimum Gasteiger partial charge on any atom is -0.354 e. The predicted molar refractivity (Wildman–Crippen MR) is 58.3 cm³/mol. The second-order valence-corrected chi connectivity index (χ2v) is 3.66. The average Bonchev–Trinajstić information content (AvgIpc) is 2.20. The fourth-order valence-electron chi connectivity index (χ4n) is 1.16. The Morgan fingerprint density at radius 1 is 1.27 bits per heavy atom. The van der Waals surface area contributed by atoms with Crippen LogP contribution in [-0.4, -0.2) is 42.1 Å². The molecule has 0 saturated heterocycles. The van der Waals surface area contributed by atoms with Crippen LogP contribution in [-0.2, 0) is 0 Å². The van der Waals surface area contributed by atoms with Crippen molar-refractivity contribution in [2.24, 2.45) is 0 Å². The van der Waals surface area contributed by atoms with E-state index < -0.39 is 5.82 Å². The SMILES string of the molecule is CN(C)CCCCNc1ncc(F)cn1. The summed E-state index contributed by atoms with van der Waals surface area (Å²) in [7, 11) is 4.10. The van der Waals surface area contributed by atoms with Gasteiger partial charge in [0.2, 0.25) is 5.95 Å². The molecule has 5 heteroatoms. The van der Waals surface area contributed by atoms with E-state index in [1.54, 1.807) is 0 Å². The third kappa shape index (κ3) is 5.27. The fraction of sp³-hybridized carbons (Fsp3) is 0.600. The summed E-state index contributed by atoms with van der Waals surface area (Å²) < 4.78 is 12.5. The molecule has 4 nitrogen and oxygen atoms in total. The first-order chi connectivity index (χ1) is 7.18. The summed E-state index contributed by atoms with van der Waals surface area (Å²) in [5.41, 5.74) is 0. The smallest absolute Gasteiger partial charge is 0.222 e. The van der Waals surface area contributed by atoms with Gasteiger partial charge in [0.15, 0.2) is 5.82 Å². The van der Waals surface area contributed by atoms with Gasteiger partial charge in [-0.25, -0.2) is 14.4 Å². The first-order valence-electron chi connectivity index (χ1n) is 5.04. The molecule has 1 aromatic heterocycles. The van der Waals surface area contributed by atoms with E-state index in [1.165, 1.54) is 0 Å². The first kappa shape index (κ1) is 11.8. The van der Waals surface area contributed by atoms with E-state index in [0.717, 1.165) is 38.3 Å². The van der Waals surface area contributed by atoms with Gasteiger partial charge in [0, 0.05) is 6.54 Å². The van der Waals surface area contributed by atoms with E-state index in [1.807, 2.05) is 0 Å². The Balaban J connectivity index is 2.12. The molecule has 1 N–H and O–H groups in total. The van der Waals surface area contributed by atoms with Crippen LogP contribution in [0.4, 0.5) is 10.3 Å². The zero-order chi connectivity index (χ0) is 11.1. The molecule has 0 aliphatic rings. The molecule has 0 spiro atoms. The Bertz CT molecular complexity index is 273. The van der Waals surface area contributed by atoms with Crippen LogP contribution in [0.25, 0.3) is 0 Å². The maximum atomic E-state index is 12.5. The molecule has 0 aliphatic heterocycles. The molecule has 1 heterocycles. The van der Waals surface area contributed by atoms with Gasteiger partial charge in [0.25, 0.3) is 0 Å². The number of rotatable bonds is 6. The van der Waals surface area contributed by atoms with Gasteiger partial charge in [-0.1, -0.05) is 0 Å². The largest absolute Gasteiger partial charge is 0.354 e. The van der Waals surface area contributed by atoms with E-state index >= 15 is 0 Å². The van der Waals surface area contributed by atoms with Crippen molar-refractivity contribution in [2.45, 2.75) is 12.8 Å². The third-order valence-corrected chi connectivity index (χ3v) is 1.94. The van der Waals surface area contributed by atoms with Gasteiger partial charge in [-0.2, -0.15) is 0 Å². The van der Waals surface area contributed by atoms with Crippen LogP contribution in [0.1, 0.15) is 12.8 Å². The minimum atomic E-state index is -0.409. The molecule has 1 aromatic rings. The highest BCUT2D eigenvalue weighted by atomic mass is 19.1. The summed E-state index contributed by atoms with van der Waals surface area (Å²) in [6.07, 6.45) is 4.50. The van der Waals surface area contributed by atoms with Crippen LogP contribution in [0, 0.1) is 5.82 Å². The number of hydrogen-bond acceptors (Lipinski definition) is 4. The first-order valence-corrected chi connectivity index (χ1v) is 5.04. The zero-order valence-corrected chi connectivity index (χ0v) is 9.20. The lowest BCUT2D eigenvalue weighted by atomic mass is 10.3.